The van der Waals surface area contributed by atoms with Crippen molar-refractivity contribution in [3.05, 3.63) is 111 Å². The van der Waals surface area contributed by atoms with E-state index in [9.17, 15) is 9.18 Å². The van der Waals surface area contributed by atoms with Crippen LogP contribution in [0.4, 0.5) is 4.39 Å². The fourth-order valence-corrected chi connectivity index (χ4v) is 4.01. The third-order valence-corrected chi connectivity index (χ3v) is 5.71. The van der Waals surface area contributed by atoms with Crippen molar-refractivity contribution in [3.8, 4) is 11.1 Å². The number of pyridine rings is 1. The van der Waals surface area contributed by atoms with Crippen LogP contribution in [0.1, 0.15) is 22.3 Å². The number of halogens is 2. The molecule has 0 saturated heterocycles. The van der Waals surface area contributed by atoms with E-state index in [0.29, 0.717) is 13.1 Å². The van der Waals surface area contributed by atoms with Crippen LogP contribution in [0.3, 0.4) is 0 Å². The standard InChI is InChI=1S/C24H18ClFN4O/c1-29-14-19(12-28-29)24-20-9-16(3-4-18(20)11-27-24)17-6-7-30(23(31)10-17)13-15-2-5-22(26)21(25)8-15/h2-10,12,14H,11,13H2,1H3. The lowest BCUT2D eigenvalue weighted by Gasteiger charge is -2.10. The lowest BCUT2D eigenvalue weighted by Crippen LogP contribution is -2.19. The molecule has 2 aromatic carbocycles. The molecular weight excluding hydrogens is 415 g/mol. The van der Waals surface area contributed by atoms with E-state index in [1.54, 1.807) is 27.6 Å². The average Bonchev–Trinajstić information content (AvgIpc) is 3.37. The van der Waals surface area contributed by atoms with E-state index in [1.807, 2.05) is 31.6 Å². The summed E-state index contributed by atoms with van der Waals surface area (Å²) in [6.07, 6.45) is 5.51. The van der Waals surface area contributed by atoms with E-state index in [2.05, 4.69) is 22.2 Å². The molecule has 154 valence electrons. The molecule has 0 radical (unpaired) electrons. The smallest absolute Gasteiger partial charge is 0.251 e. The molecule has 0 amide bonds. The Hall–Kier alpha value is -3.51. The Balaban J connectivity index is 1.45. The molecule has 31 heavy (non-hydrogen) atoms. The summed E-state index contributed by atoms with van der Waals surface area (Å²) in [6.45, 7) is 0.961. The Morgan fingerprint density at radius 1 is 1.06 bits per heavy atom. The molecule has 1 aliphatic rings. The van der Waals surface area contributed by atoms with Crippen molar-refractivity contribution in [2.24, 2.45) is 12.0 Å². The van der Waals surface area contributed by atoms with Gasteiger partial charge in [0.2, 0.25) is 0 Å². The van der Waals surface area contributed by atoms with E-state index < -0.39 is 5.82 Å². The first-order chi connectivity index (χ1) is 15.0. The van der Waals surface area contributed by atoms with Crippen molar-refractivity contribution >= 4 is 17.3 Å². The minimum absolute atomic E-state index is 0.0476. The van der Waals surface area contributed by atoms with Gasteiger partial charge in [0.05, 0.1) is 30.0 Å². The van der Waals surface area contributed by atoms with Crippen LogP contribution in [0, 0.1) is 5.82 Å². The topological polar surface area (TPSA) is 52.2 Å². The Labute approximate surface area is 183 Å². The van der Waals surface area contributed by atoms with Gasteiger partial charge in [0.15, 0.2) is 0 Å². The van der Waals surface area contributed by atoms with Crippen LogP contribution < -0.4 is 5.56 Å². The third-order valence-electron chi connectivity index (χ3n) is 5.42. The molecule has 0 bridgehead atoms. The Kier molecular flexibility index (Phi) is 4.79. The molecule has 0 fully saturated rings. The number of benzene rings is 2. The largest absolute Gasteiger partial charge is 0.311 e. The van der Waals surface area contributed by atoms with Gasteiger partial charge in [-0.3, -0.25) is 14.5 Å². The lowest BCUT2D eigenvalue weighted by molar-refractivity contribution is 0.626. The molecule has 0 aliphatic carbocycles. The summed E-state index contributed by atoms with van der Waals surface area (Å²) in [7, 11) is 1.88. The molecule has 1 aliphatic heterocycles. The van der Waals surface area contributed by atoms with Crippen LogP contribution in [-0.4, -0.2) is 20.1 Å². The molecule has 0 N–H and O–H groups in total. The molecule has 5 rings (SSSR count). The second-order valence-corrected chi connectivity index (χ2v) is 7.98. The number of aromatic nitrogens is 3. The van der Waals surface area contributed by atoms with Gasteiger partial charge < -0.3 is 4.57 Å². The van der Waals surface area contributed by atoms with Crippen molar-refractivity contribution in [1.29, 1.82) is 0 Å². The first kappa shape index (κ1) is 19.5. The van der Waals surface area contributed by atoms with Crippen molar-refractivity contribution in [3.63, 3.8) is 0 Å². The fourth-order valence-electron chi connectivity index (χ4n) is 3.81. The van der Waals surface area contributed by atoms with Crippen LogP contribution in [0.5, 0.6) is 0 Å². The monoisotopic (exact) mass is 432 g/mol. The van der Waals surface area contributed by atoms with Gasteiger partial charge in [-0.25, -0.2) is 4.39 Å². The average molecular weight is 433 g/mol. The van der Waals surface area contributed by atoms with Gasteiger partial charge in [0.25, 0.3) is 5.56 Å². The summed E-state index contributed by atoms with van der Waals surface area (Å²) >= 11 is 5.85. The van der Waals surface area contributed by atoms with Crippen molar-refractivity contribution in [2.75, 3.05) is 0 Å². The number of nitrogens with zero attached hydrogens (tertiary/aromatic N) is 4. The number of rotatable bonds is 4. The van der Waals surface area contributed by atoms with Gasteiger partial charge in [0.1, 0.15) is 5.82 Å². The van der Waals surface area contributed by atoms with Crippen LogP contribution in [-0.2, 0) is 20.1 Å². The second kappa shape index (κ2) is 7.63. The number of aryl methyl sites for hydroxylation is 1. The number of aliphatic imine (C=N–C) groups is 1. The summed E-state index contributed by atoms with van der Waals surface area (Å²) in [5.74, 6) is -0.473. The van der Waals surface area contributed by atoms with E-state index in [1.165, 1.54) is 12.1 Å². The molecule has 0 spiro atoms. The molecule has 0 atom stereocenters. The predicted octanol–water partition coefficient (Wildman–Crippen LogP) is 4.44. The van der Waals surface area contributed by atoms with Gasteiger partial charge >= 0.3 is 0 Å². The fraction of sp³-hybridized carbons (Fsp3) is 0.125. The maximum Gasteiger partial charge on any atom is 0.251 e. The molecule has 5 nitrogen and oxygen atoms in total. The molecule has 4 aromatic rings. The lowest BCUT2D eigenvalue weighted by atomic mass is 9.97. The highest BCUT2D eigenvalue weighted by molar-refractivity contribution is 6.30. The van der Waals surface area contributed by atoms with Crippen LogP contribution >= 0.6 is 11.6 Å². The highest BCUT2D eigenvalue weighted by atomic mass is 35.5. The van der Waals surface area contributed by atoms with Crippen LogP contribution in [0.25, 0.3) is 11.1 Å². The molecule has 0 saturated carbocycles. The normalized spacial score (nSPS) is 12.7. The third kappa shape index (κ3) is 3.70. The highest BCUT2D eigenvalue weighted by Gasteiger charge is 2.19. The van der Waals surface area contributed by atoms with Crippen LogP contribution in [0.15, 0.2) is 76.9 Å². The summed E-state index contributed by atoms with van der Waals surface area (Å²) < 4.78 is 16.7. The van der Waals surface area contributed by atoms with Gasteiger partial charge in [-0.15, -0.1) is 0 Å². The minimum Gasteiger partial charge on any atom is -0.311 e. The highest BCUT2D eigenvalue weighted by Crippen LogP contribution is 2.28. The maximum absolute atomic E-state index is 13.4. The Bertz CT molecular complexity index is 1400. The molecule has 7 heteroatoms. The predicted molar refractivity (Wildman–Crippen MR) is 119 cm³/mol. The Morgan fingerprint density at radius 2 is 1.90 bits per heavy atom. The first-order valence-corrected chi connectivity index (χ1v) is 10.2. The first-order valence-electron chi connectivity index (χ1n) is 9.79. The quantitative estimate of drug-likeness (QED) is 0.478. The van der Waals surface area contributed by atoms with Crippen molar-refractivity contribution < 1.29 is 4.39 Å². The van der Waals surface area contributed by atoms with Crippen molar-refractivity contribution in [1.82, 2.24) is 14.3 Å². The summed E-state index contributed by atoms with van der Waals surface area (Å²) in [5.41, 5.74) is 6.53. The van der Waals surface area contributed by atoms with Gasteiger partial charge in [-0.1, -0.05) is 29.8 Å². The van der Waals surface area contributed by atoms with Crippen LogP contribution in [0.2, 0.25) is 5.02 Å². The molecule has 3 heterocycles. The van der Waals surface area contributed by atoms with E-state index >= 15 is 0 Å². The number of hydrogen-bond acceptors (Lipinski definition) is 3. The molecular formula is C24H18ClFN4O. The summed E-state index contributed by atoms with van der Waals surface area (Å²) in [4.78, 5) is 17.4. The van der Waals surface area contributed by atoms with E-state index in [4.69, 9.17) is 11.6 Å². The van der Waals surface area contributed by atoms with E-state index in [0.717, 1.165) is 39.1 Å². The minimum atomic E-state index is -0.473. The SMILES string of the molecule is Cn1cc(C2=NCc3ccc(-c4ccn(Cc5ccc(F)c(Cl)c5)c(=O)c4)cc32)cn1. The van der Waals surface area contributed by atoms with Gasteiger partial charge in [0, 0.05) is 36.6 Å². The molecule has 2 aromatic heterocycles. The Morgan fingerprint density at radius 3 is 2.65 bits per heavy atom. The number of hydrogen-bond donors (Lipinski definition) is 0. The summed E-state index contributed by atoms with van der Waals surface area (Å²) in [5, 5.41) is 4.29. The second-order valence-electron chi connectivity index (χ2n) is 7.57. The number of fused-ring (bicyclic) bond motifs is 1. The van der Waals surface area contributed by atoms with Gasteiger partial charge in [-0.05, 0) is 46.5 Å². The zero-order valence-corrected chi connectivity index (χ0v) is 17.5. The van der Waals surface area contributed by atoms with Gasteiger partial charge in [-0.2, -0.15) is 5.10 Å². The zero-order chi connectivity index (χ0) is 21.5. The van der Waals surface area contributed by atoms with Crippen molar-refractivity contribution in [2.45, 2.75) is 13.1 Å². The zero-order valence-electron chi connectivity index (χ0n) is 16.7. The summed E-state index contributed by atoms with van der Waals surface area (Å²) in [6, 6.07) is 14.1. The maximum atomic E-state index is 13.4. The van der Waals surface area contributed by atoms with E-state index in [-0.39, 0.29) is 10.6 Å². The molecule has 0 unspecified atom stereocenters.